The lowest BCUT2D eigenvalue weighted by atomic mass is 9.82. The van der Waals surface area contributed by atoms with Crippen LogP contribution in [-0.4, -0.2) is 25.0 Å². The summed E-state index contributed by atoms with van der Waals surface area (Å²) in [7, 11) is 1.38. The zero-order valence-corrected chi connectivity index (χ0v) is 14.7. The minimum Gasteiger partial charge on any atom is -0.493 e. The van der Waals surface area contributed by atoms with E-state index in [-0.39, 0.29) is 11.4 Å². The van der Waals surface area contributed by atoms with Crippen molar-refractivity contribution in [3.05, 3.63) is 29.8 Å². The average Bonchev–Trinajstić information content (AvgIpc) is 2.52. The van der Waals surface area contributed by atoms with Crippen LogP contribution in [0.4, 0.5) is 0 Å². The molecule has 0 atom stereocenters. The van der Waals surface area contributed by atoms with Crippen molar-refractivity contribution in [1.82, 2.24) is 0 Å². The van der Waals surface area contributed by atoms with Gasteiger partial charge >= 0.3 is 5.97 Å². The third-order valence-corrected chi connectivity index (χ3v) is 4.83. The van der Waals surface area contributed by atoms with Crippen LogP contribution in [0, 0.1) is 5.41 Å². The van der Waals surface area contributed by atoms with E-state index in [1.54, 1.807) is 12.1 Å². The minimum atomic E-state index is -0.339. The van der Waals surface area contributed by atoms with Crippen LogP contribution in [-0.2, 0) is 4.74 Å². The first-order chi connectivity index (χ1) is 10.1. The monoisotopic (exact) mass is 356 g/mol. The summed E-state index contributed by atoms with van der Waals surface area (Å²) >= 11 is 3.64. The number of esters is 1. The van der Waals surface area contributed by atoms with Gasteiger partial charge in [-0.15, -0.1) is 0 Å². The Kier molecular flexibility index (Phi) is 7.79. The number of rotatable bonds is 9. The number of methoxy groups -OCH3 is 1. The highest BCUT2D eigenvalue weighted by Gasteiger charge is 2.28. The Morgan fingerprint density at radius 2 is 1.90 bits per heavy atom. The summed E-state index contributed by atoms with van der Waals surface area (Å²) < 4.78 is 10.7. The SMILES string of the molecule is CCCC(CBr)(CCC)COc1cccc(C(=O)OC)c1. The number of benzene rings is 1. The normalized spacial score (nSPS) is 11.2. The molecule has 21 heavy (non-hydrogen) atoms. The number of carbonyl (C=O) groups excluding carboxylic acids is 1. The van der Waals surface area contributed by atoms with E-state index >= 15 is 0 Å². The van der Waals surface area contributed by atoms with Crippen molar-refractivity contribution in [2.24, 2.45) is 5.41 Å². The molecule has 1 aromatic carbocycles. The fraction of sp³-hybridized carbons (Fsp3) is 0.588. The minimum absolute atomic E-state index is 0.158. The number of hydrogen-bond acceptors (Lipinski definition) is 3. The molecule has 0 unspecified atom stereocenters. The summed E-state index contributed by atoms with van der Waals surface area (Å²) in [5.74, 6) is 0.379. The number of halogens is 1. The van der Waals surface area contributed by atoms with Crippen LogP contribution in [0.1, 0.15) is 49.9 Å². The first-order valence-electron chi connectivity index (χ1n) is 7.48. The molecule has 0 saturated heterocycles. The van der Waals surface area contributed by atoms with Gasteiger partial charge in [0.2, 0.25) is 0 Å². The highest BCUT2D eigenvalue weighted by molar-refractivity contribution is 9.09. The molecular formula is C17H25BrO3. The van der Waals surface area contributed by atoms with Gasteiger partial charge in [-0.05, 0) is 31.0 Å². The maximum absolute atomic E-state index is 11.5. The van der Waals surface area contributed by atoms with Crippen LogP contribution in [0.25, 0.3) is 0 Å². The van der Waals surface area contributed by atoms with Crippen molar-refractivity contribution < 1.29 is 14.3 Å². The predicted molar refractivity (Wildman–Crippen MR) is 89.3 cm³/mol. The molecule has 118 valence electrons. The average molecular weight is 357 g/mol. The highest BCUT2D eigenvalue weighted by Crippen LogP contribution is 2.33. The van der Waals surface area contributed by atoms with Crippen LogP contribution in [0.3, 0.4) is 0 Å². The third kappa shape index (κ3) is 5.34. The molecule has 0 heterocycles. The number of alkyl halides is 1. The lowest BCUT2D eigenvalue weighted by Crippen LogP contribution is -2.30. The summed E-state index contributed by atoms with van der Waals surface area (Å²) in [6, 6.07) is 7.16. The van der Waals surface area contributed by atoms with Gasteiger partial charge in [-0.3, -0.25) is 0 Å². The maximum atomic E-state index is 11.5. The lowest BCUT2D eigenvalue weighted by Gasteiger charge is -2.31. The van der Waals surface area contributed by atoms with Gasteiger partial charge in [0.05, 0.1) is 19.3 Å². The van der Waals surface area contributed by atoms with Crippen LogP contribution in [0.15, 0.2) is 24.3 Å². The fourth-order valence-electron chi connectivity index (χ4n) is 2.57. The fourth-order valence-corrected chi connectivity index (χ4v) is 3.29. The van der Waals surface area contributed by atoms with E-state index in [2.05, 4.69) is 29.8 Å². The molecular weight excluding hydrogens is 332 g/mol. The van der Waals surface area contributed by atoms with Gasteiger partial charge in [0.15, 0.2) is 0 Å². The van der Waals surface area contributed by atoms with Gasteiger partial charge in [0.25, 0.3) is 0 Å². The van der Waals surface area contributed by atoms with Crippen LogP contribution in [0.2, 0.25) is 0 Å². The molecule has 1 rings (SSSR count). The van der Waals surface area contributed by atoms with Crippen molar-refractivity contribution in [2.75, 3.05) is 19.0 Å². The molecule has 3 nitrogen and oxygen atoms in total. The van der Waals surface area contributed by atoms with Gasteiger partial charge in [0, 0.05) is 10.7 Å². The number of hydrogen-bond donors (Lipinski definition) is 0. The zero-order valence-electron chi connectivity index (χ0n) is 13.2. The summed E-state index contributed by atoms with van der Waals surface area (Å²) in [6.07, 6.45) is 4.53. The van der Waals surface area contributed by atoms with Gasteiger partial charge < -0.3 is 9.47 Å². The van der Waals surface area contributed by atoms with E-state index in [0.717, 1.165) is 36.8 Å². The van der Waals surface area contributed by atoms with Gasteiger partial charge in [-0.2, -0.15) is 0 Å². The van der Waals surface area contributed by atoms with Crippen molar-refractivity contribution in [1.29, 1.82) is 0 Å². The van der Waals surface area contributed by atoms with E-state index in [1.165, 1.54) is 7.11 Å². The van der Waals surface area contributed by atoms with Crippen LogP contribution in [0.5, 0.6) is 5.75 Å². The van der Waals surface area contributed by atoms with E-state index in [4.69, 9.17) is 9.47 Å². The van der Waals surface area contributed by atoms with Crippen LogP contribution < -0.4 is 4.74 Å². The number of carbonyl (C=O) groups is 1. The molecule has 0 fully saturated rings. The molecule has 0 N–H and O–H groups in total. The quantitative estimate of drug-likeness (QED) is 0.469. The zero-order chi connectivity index (χ0) is 15.7. The molecule has 0 bridgehead atoms. The molecule has 1 aromatic rings. The Hall–Kier alpha value is -1.03. The van der Waals surface area contributed by atoms with Gasteiger partial charge in [0.1, 0.15) is 5.75 Å². The first-order valence-corrected chi connectivity index (χ1v) is 8.60. The van der Waals surface area contributed by atoms with Gasteiger partial charge in [-0.1, -0.05) is 48.7 Å². The summed E-state index contributed by atoms with van der Waals surface area (Å²) in [5, 5.41) is 0.929. The van der Waals surface area contributed by atoms with Crippen molar-refractivity contribution >= 4 is 21.9 Å². The van der Waals surface area contributed by atoms with E-state index in [1.807, 2.05) is 12.1 Å². The van der Waals surface area contributed by atoms with Crippen molar-refractivity contribution in [3.63, 3.8) is 0 Å². The largest absolute Gasteiger partial charge is 0.493 e. The highest BCUT2D eigenvalue weighted by atomic mass is 79.9. The van der Waals surface area contributed by atoms with Gasteiger partial charge in [-0.25, -0.2) is 4.79 Å². The second-order valence-electron chi connectivity index (χ2n) is 5.44. The molecule has 0 radical (unpaired) electrons. The van der Waals surface area contributed by atoms with E-state index in [9.17, 15) is 4.79 Å². The Balaban J connectivity index is 2.77. The third-order valence-electron chi connectivity index (χ3n) is 3.64. The molecule has 4 heteroatoms. The summed E-state index contributed by atoms with van der Waals surface area (Å²) in [6.45, 7) is 5.06. The van der Waals surface area contributed by atoms with E-state index in [0.29, 0.717) is 12.2 Å². The van der Waals surface area contributed by atoms with Crippen LogP contribution >= 0.6 is 15.9 Å². The maximum Gasteiger partial charge on any atom is 0.337 e. The molecule has 0 aliphatic heterocycles. The molecule has 0 spiro atoms. The standard InChI is InChI=1S/C17H25BrO3/c1-4-9-17(12-18,10-5-2)13-21-15-8-6-7-14(11-15)16(19)20-3/h6-8,11H,4-5,9-10,12-13H2,1-3H3. The summed E-state index contributed by atoms with van der Waals surface area (Å²) in [5.41, 5.74) is 0.676. The van der Waals surface area contributed by atoms with Crippen molar-refractivity contribution in [2.45, 2.75) is 39.5 Å². The Morgan fingerprint density at radius 1 is 1.24 bits per heavy atom. The molecule has 0 saturated carbocycles. The molecule has 0 amide bonds. The second-order valence-corrected chi connectivity index (χ2v) is 6.00. The Labute approximate surface area is 136 Å². The topological polar surface area (TPSA) is 35.5 Å². The second kappa shape index (κ2) is 9.08. The smallest absolute Gasteiger partial charge is 0.337 e. The van der Waals surface area contributed by atoms with E-state index < -0.39 is 0 Å². The lowest BCUT2D eigenvalue weighted by molar-refractivity contribution is 0.0600. The Morgan fingerprint density at radius 3 is 2.43 bits per heavy atom. The molecule has 0 aliphatic carbocycles. The molecule has 0 aromatic heterocycles. The first kappa shape index (κ1) is 18.0. The van der Waals surface area contributed by atoms with Crippen molar-refractivity contribution in [3.8, 4) is 5.75 Å². The molecule has 0 aliphatic rings. The summed E-state index contributed by atoms with van der Waals surface area (Å²) in [4.78, 5) is 11.5. The predicted octanol–water partition coefficient (Wildman–Crippen LogP) is 4.83. The Bertz CT molecular complexity index is 439. The number of ether oxygens (including phenoxy) is 2.